The van der Waals surface area contributed by atoms with Crippen LogP contribution in [0.4, 0.5) is 5.82 Å². The third-order valence-electron chi connectivity index (χ3n) is 6.49. The number of aliphatic hydroxyl groups is 2. The maximum absolute atomic E-state index is 12.4. The number of fused-ring (bicyclic) bond motifs is 1. The Labute approximate surface area is 343 Å². The molecule has 2 amide bonds. The maximum atomic E-state index is 12.4. The predicted octanol–water partition coefficient (Wildman–Crippen LogP) is -14.2. The molecule has 3 heterocycles. The molecule has 1 saturated heterocycles. The van der Waals surface area contributed by atoms with Crippen molar-refractivity contribution in [2.24, 2.45) is 5.41 Å². The van der Waals surface area contributed by atoms with E-state index in [9.17, 15) is 53.1 Å². The number of hydrogen-bond donors (Lipinski definition) is 7. The number of ether oxygens (including phenoxy) is 1. The fourth-order valence-corrected chi connectivity index (χ4v) is 6.97. The second kappa shape index (κ2) is 23.7. The zero-order chi connectivity index (χ0) is 36.1. The number of nitrogens with zero attached hydrogens (tertiary/aromatic N) is 4. The molecule has 1 aliphatic rings. The van der Waals surface area contributed by atoms with Gasteiger partial charge >= 0.3 is 56.6 Å². The van der Waals surface area contributed by atoms with E-state index in [4.69, 9.17) is 10.5 Å². The summed E-state index contributed by atoms with van der Waals surface area (Å²) in [4.78, 5) is 81.0. The SMILES string of the molecule is CC(C)(COP(=O)([O-])OP(=O)([O-])OC[C@H]1O[C@@H](n2cnc3c(N)ncnc32)[C@H](O)[C@@H]1OP(=O)([O-])O)C(O)C(=O)NCCC(=O)NCCS.O.O.[Li+].[Li+].[Li+]. The van der Waals surface area contributed by atoms with E-state index in [0.29, 0.717) is 12.3 Å². The normalized spacial score (nSPS) is 22.1. The van der Waals surface area contributed by atoms with Gasteiger partial charge in [0.05, 0.1) is 19.5 Å². The number of carbonyl (C=O) groups is 2. The van der Waals surface area contributed by atoms with Gasteiger partial charge in [0.1, 0.15) is 36.3 Å². The van der Waals surface area contributed by atoms with E-state index in [1.807, 2.05) is 0 Å². The number of imidazole rings is 1. The van der Waals surface area contributed by atoms with Gasteiger partial charge in [0.15, 0.2) is 17.7 Å². The number of nitrogen functional groups attached to an aromatic ring is 1. The minimum absolute atomic E-state index is 0. The van der Waals surface area contributed by atoms with E-state index in [-0.39, 0.29) is 103 Å². The van der Waals surface area contributed by atoms with E-state index >= 15 is 0 Å². The van der Waals surface area contributed by atoms with Crippen molar-refractivity contribution in [3.8, 4) is 0 Å². The van der Waals surface area contributed by atoms with Crippen molar-refractivity contribution in [2.45, 2.75) is 50.9 Å². The van der Waals surface area contributed by atoms with Gasteiger partial charge in [0, 0.05) is 30.7 Å². The molecular formula is C21H37Li3N7O18P3S. The molecule has 0 bridgehead atoms. The van der Waals surface area contributed by atoms with Gasteiger partial charge in [-0.3, -0.25) is 27.9 Å². The number of phosphoric acid groups is 3. The Morgan fingerprint density at radius 1 is 1.08 bits per heavy atom. The van der Waals surface area contributed by atoms with Gasteiger partial charge in [-0.05, 0) is 0 Å². The van der Waals surface area contributed by atoms with Crippen molar-refractivity contribution in [1.82, 2.24) is 30.2 Å². The topological polar surface area (TPSA) is 418 Å². The average Bonchev–Trinajstić information content (AvgIpc) is 3.54. The quantitative estimate of drug-likeness (QED) is 0.0417. The van der Waals surface area contributed by atoms with Crippen LogP contribution in [0.15, 0.2) is 12.7 Å². The van der Waals surface area contributed by atoms with Crippen molar-refractivity contribution in [1.29, 1.82) is 0 Å². The van der Waals surface area contributed by atoms with Gasteiger partial charge in [0.25, 0.3) is 23.5 Å². The van der Waals surface area contributed by atoms with Crippen molar-refractivity contribution in [2.75, 3.05) is 37.8 Å². The largest absolute Gasteiger partial charge is 1.00 e. The summed E-state index contributed by atoms with van der Waals surface area (Å²) in [6.45, 7) is 0.374. The van der Waals surface area contributed by atoms with E-state index in [1.54, 1.807) is 0 Å². The number of amides is 2. The van der Waals surface area contributed by atoms with Crippen LogP contribution in [0.5, 0.6) is 0 Å². The first kappa shape index (κ1) is 56.9. The molecule has 2 aromatic rings. The van der Waals surface area contributed by atoms with E-state index < -0.39 is 78.6 Å². The number of carbonyl (C=O) groups excluding carboxylic acids is 2. The summed E-state index contributed by atoms with van der Waals surface area (Å²) >= 11 is 3.94. The van der Waals surface area contributed by atoms with Gasteiger partial charge in [-0.2, -0.15) is 12.6 Å². The molecule has 0 spiro atoms. The molecule has 0 aromatic carbocycles. The number of phosphoric ester groups is 3. The summed E-state index contributed by atoms with van der Waals surface area (Å²) in [7, 11) is -17.2. The van der Waals surface area contributed by atoms with Gasteiger partial charge < -0.3 is 75.4 Å². The molecule has 4 unspecified atom stereocenters. The van der Waals surface area contributed by atoms with Crippen molar-refractivity contribution in [3.05, 3.63) is 12.7 Å². The average molecular weight is 821 g/mol. The third kappa shape index (κ3) is 16.9. The Morgan fingerprint density at radius 2 is 1.68 bits per heavy atom. The van der Waals surface area contributed by atoms with Gasteiger partial charge in [-0.25, -0.2) is 19.3 Å². The van der Waals surface area contributed by atoms with Crippen LogP contribution in [0.1, 0.15) is 26.5 Å². The zero-order valence-electron chi connectivity index (χ0n) is 29.1. The third-order valence-corrected chi connectivity index (χ3v) is 9.74. The van der Waals surface area contributed by atoms with Crippen LogP contribution >= 0.6 is 36.1 Å². The minimum atomic E-state index is -5.87. The maximum Gasteiger partial charge on any atom is 1.00 e. The van der Waals surface area contributed by atoms with Gasteiger partial charge in [-0.1, -0.05) is 13.8 Å². The molecular weight excluding hydrogens is 784 g/mol. The summed E-state index contributed by atoms with van der Waals surface area (Å²) in [5, 5.41) is 26.0. The number of hydrogen-bond acceptors (Lipinski definition) is 20. The number of aliphatic hydroxyl groups excluding tert-OH is 2. The molecule has 53 heavy (non-hydrogen) atoms. The number of rotatable bonds is 18. The second-order valence-corrected chi connectivity index (χ2v) is 15.3. The fraction of sp³-hybridized carbons (Fsp3) is 0.667. The van der Waals surface area contributed by atoms with Crippen molar-refractivity contribution < 1.29 is 143 Å². The second-order valence-electron chi connectivity index (χ2n) is 10.7. The van der Waals surface area contributed by atoms with Gasteiger partial charge in [0.2, 0.25) is 11.8 Å². The number of nitrogens with two attached hydrogens (primary N) is 1. The predicted molar refractivity (Wildman–Crippen MR) is 164 cm³/mol. The van der Waals surface area contributed by atoms with E-state index in [0.717, 1.165) is 17.2 Å². The van der Waals surface area contributed by atoms with Crippen LogP contribution in [-0.2, 0) is 45.9 Å². The van der Waals surface area contributed by atoms with Gasteiger partial charge in [-0.15, -0.1) is 0 Å². The molecule has 2 aromatic heterocycles. The van der Waals surface area contributed by atoms with Crippen LogP contribution < -0.4 is 87.6 Å². The molecule has 0 aliphatic carbocycles. The molecule has 3 rings (SSSR count). The van der Waals surface area contributed by atoms with E-state index in [2.05, 4.69) is 56.1 Å². The molecule has 0 radical (unpaired) electrons. The first-order valence-electron chi connectivity index (χ1n) is 13.6. The van der Waals surface area contributed by atoms with E-state index in [1.165, 1.54) is 13.8 Å². The van der Waals surface area contributed by atoms with Crippen LogP contribution in [0.2, 0.25) is 0 Å². The number of thiol groups is 1. The molecule has 32 heteroatoms. The van der Waals surface area contributed by atoms with Crippen LogP contribution in [0, 0.1) is 5.41 Å². The van der Waals surface area contributed by atoms with Crippen LogP contribution in [-0.4, -0.2) is 114 Å². The molecule has 25 nitrogen and oxygen atoms in total. The molecule has 288 valence electrons. The number of anilines is 1. The van der Waals surface area contributed by atoms with Crippen LogP contribution in [0.3, 0.4) is 0 Å². The molecule has 0 saturated carbocycles. The van der Waals surface area contributed by atoms with Crippen molar-refractivity contribution in [3.63, 3.8) is 0 Å². The molecule has 1 fully saturated rings. The number of aromatic nitrogens is 4. The first-order valence-corrected chi connectivity index (χ1v) is 18.7. The Kier molecular flexibility index (Phi) is 25.5. The Hall–Kier alpha value is -0.398. The Bertz CT molecular complexity index is 1610. The first-order chi connectivity index (χ1) is 22.2. The molecule has 1 aliphatic heterocycles. The molecule has 11 N–H and O–H groups in total. The Morgan fingerprint density at radius 3 is 2.26 bits per heavy atom. The summed E-state index contributed by atoms with van der Waals surface area (Å²) in [5.74, 6) is -1.03. The van der Waals surface area contributed by atoms with Crippen molar-refractivity contribution >= 4 is 64.9 Å². The fourth-order valence-electron chi connectivity index (χ4n) is 4.12. The Balaban J connectivity index is -0.00000500. The summed E-state index contributed by atoms with van der Waals surface area (Å²) in [6, 6.07) is 0. The summed E-state index contributed by atoms with van der Waals surface area (Å²) in [6.07, 6.45) is -7.21. The summed E-state index contributed by atoms with van der Waals surface area (Å²) in [5.41, 5.74) is 4.15. The minimum Gasteiger partial charge on any atom is -0.756 e. The van der Waals surface area contributed by atoms with Crippen LogP contribution in [0.25, 0.3) is 11.2 Å². The zero-order valence-corrected chi connectivity index (χ0v) is 32.7. The smallest absolute Gasteiger partial charge is 0.756 e. The standard InChI is InChI=1S/C21H36N7O16P3S.3Li.2H2O/c1-21(2,16(31)19(32)24-4-3-12(29)23-5-6-48)8-41-47(38,39)44-46(36,37)40-7-11-15(43-45(33,34)35)14(30)20(42-11)28-10-27-13-17(22)25-9-26-18(13)28;;;;;/h9-11,14-16,20,30-31,48H,3-8H2,1-2H3,(H,23,29)(H,24,32)(H,36,37)(H,38,39)(H2,22,25,26)(H2,33,34,35);;;;2*1H2/q;3*+1;;/p-3/t11-,14-,15-,16?,20-;;;;;/m1...../s1. The molecule has 8 atom stereocenters. The summed E-state index contributed by atoms with van der Waals surface area (Å²) < 4.78 is 60.4. The monoisotopic (exact) mass is 821 g/mol. The number of nitrogens with one attached hydrogen (secondary N) is 2.